The minimum atomic E-state index is -0.325. The lowest BCUT2D eigenvalue weighted by Gasteiger charge is -2.39. The Morgan fingerprint density at radius 2 is 1.51 bits per heavy atom. The van der Waals surface area contributed by atoms with Gasteiger partial charge in [-0.05, 0) is 60.8 Å². The van der Waals surface area contributed by atoms with Crippen molar-refractivity contribution in [2.75, 3.05) is 26.4 Å². The molecule has 1 saturated heterocycles. The zero-order valence-corrected chi connectivity index (χ0v) is 24.2. The van der Waals surface area contributed by atoms with Crippen molar-refractivity contribution in [1.82, 2.24) is 0 Å². The summed E-state index contributed by atoms with van der Waals surface area (Å²) < 4.78 is 12.4. The number of nitriles is 1. The summed E-state index contributed by atoms with van der Waals surface area (Å²) in [7, 11) is 0. The summed E-state index contributed by atoms with van der Waals surface area (Å²) in [6.07, 6.45) is 9.56. The number of likely N-dealkylation sites (tertiary alicyclic amines) is 1. The Balaban J connectivity index is 1.05. The first-order valence-electron chi connectivity index (χ1n) is 15.9. The van der Waals surface area contributed by atoms with E-state index in [1.165, 1.54) is 72.8 Å². The third kappa shape index (κ3) is 5.26. The Morgan fingerprint density at radius 1 is 0.805 bits per heavy atom. The smallest absolute Gasteiger partial charge is 0.231 e. The number of benzene rings is 3. The highest BCUT2D eigenvalue weighted by Gasteiger charge is 2.62. The van der Waals surface area contributed by atoms with Crippen LogP contribution in [0.3, 0.4) is 0 Å². The van der Waals surface area contributed by atoms with Gasteiger partial charge in [-0.25, -0.2) is 0 Å². The summed E-state index contributed by atoms with van der Waals surface area (Å²) >= 11 is 0. The molecule has 3 aromatic rings. The summed E-state index contributed by atoms with van der Waals surface area (Å²) in [6.45, 7) is 5.13. The van der Waals surface area contributed by atoms with Gasteiger partial charge in [-0.1, -0.05) is 86.0 Å². The van der Waals surface area contributed by atoms with E-state index in [1.54, 1.807) is 0 Å². The molecule has 2 saturated carbocycles. The van der Waals surface area contributed by atoms with Crippen LogP contribution in [0.4, 0.5) is 0 Å². The van der Waals surface area contributed by atoms with Crippen LogP contribution in [-0.2, 0) is 18.4 Å². The first-order valence-corrected chi connectivity index (χ1v) is 15.9. The van der Waals surface area contributed by atoms with Crippen LogP contribution in [0.25, 0.3) is 0 Å². The molecular weight excluding hydrogens is 504 g/mol. The number of ether oxygens (including phenoxy) is 2. The van der Waals surface area contributed by atoms with Gasteiger partial charge in [-0.3, -0.25) is 0 Å². The highest BCUT2D eigenvalue weighted by Crippen LogP contribution is 2.58. The van der Waals surface area contributed by atoms with E-state index < -0.39 is 0 Å². The van der Waals surface area contributed by atoms with E-state index >= 15 is 0 Å². The molecule has 0 bridgehead atoms. The second kappa shape index (κ2) is 11.2. The second-order valence-electron chi connectivity index (χ2n) is 13.3. The Labute approximate surface area is 245 Å². The molecule has 2 aliphatic carbocycles. The average molecular weight is 548 g/mol. The van der Waals surface area contributed by atoms with Gasteiger partial charge < -0.3 is 14.0 Å². The zero-order chi connectivity index (χ0) is 27.7. The minimum absolute atomic E-state index is 0.325. The van der Waals surface area contributed by atoms with E-state index in [-0.39, 0.29) is 5.41 Å². The van der Waals surface area contributed by atoms with E-state index in [4.69, 9.17) is 9.47 Å². The van der Waals surface area contributed by atoms with E-state index in [1.807, 2.05) is 0 Å². The molecule has 0 radical (unpaired) electrons. The molecule has 0 N–H and O–H groups in total. The number of hydrogen-bond acceptors (Lipinski definition) is 3. The maximum Gasteiger partial charge on any atom is 0.231 e. The summed E-state index contributed by atoms with van der Waals surface area (Å²) in [6, 6.07) is 31.3. The standard InChI is InChI=1S/C37H43N2O2/c38-26-37(30-12-6-2-7-13-30,31-14-8-3-9-15-31)20-18-32-33-24-39(25-34(32)33,23-29-10-4-1-5-11-29)21-19-28-16-17-35-36(22-28)41-27-40-35/h1-2,4-7,10-13,16-17,22,31-34H,3,8-9,14-15,18-21,23-25,27H2/q+1. The quantitative estimate of drug-likeness (QED) is 0.245. The van der Waals surface area contributed by atoms with Crippen molar-refractivity contribution in [3.05, 3.63) is 95.6 Å². The zero-order valence-electron chi connectivity index (χ0n) is 24.2. The molecule has 2 aliphatic heterocycles. The molecule has 4 heteroatoms. The largest absolute Gasteiger partial charge is 0.454 e. The summed E-state index contributed by atoms with van der Waals surface area (Å²) in [5.74, 6) is 4.63. The van der Waals surface area contributed by atoms with E-state index in [9.17, 15) is 5.26 Å². The molecule has 0 amide bonds. The lowest BCUT2D eigenvalue weighted by Crippen LogP contribution is -2.48. The van der Waals surface area contributed by atoms with Crippen molar-refractivity contribution in [3.63, 3.8) is 0 Å². The third-order valence-electron chi connectivity index (χ3n) is 11.0. The first kappa shape index (κ1) is 26.6. The van der Waals surface area contributed by atoms with E-state index in [2.05, 4.69) is 84.9 Å². The molecule has 4 nitrogen and oxygen atoms in total. The molecule has 2 heterocycles. The minimum Gasteiger partial charge on any atom is -0.454 e. The molecule has 7 rings (SSSR count). The van der Waals surface area contributed by atoms with Gasteiger partial charge in [0.2, 0.25) is 6.79 Å². The molecule has 3 unspecified atom stereocenters. The molecule has 3 atom stereocenters. The van der Waals surface area contributed by atoms with Gasteiger partial charge in [-0.2, -0.15) is 5.26 Å². The Kier molecular flexibility index (Phi) is 7.25. The second-order valence-corrected chi connectivity index (χ2v) is 13.3. The predicted octanol–water partition coefficient (Wildman–Crippen LogP) is 7.67. The lowest BCUT2D eigenvalue weighted by molar-refractivity contribution is -0.934. The van der Waals surface area contributed by atoms with Crippen LogP contribution in [0.15, 0.2) is 78.9 Å². The van der Waals surface area contributed by atoms with Gasteiger partial charge >= 0.3 is 0 Å². The van der Waals surface area contributed by atoms with Gasteiger partial charge in [0.1, 0.15) is 6.54 Å². The van der Waals surface area contributed by atoms with Crippen molar-refractivity contribution >= 4 is 0 Å². The fourth-order valence-electron chi connectivity index (χ4n) is 8.81. The van der Waals surface area contributed by atoms with Gasteiger partial charge in [0, 0.05) is 23.8 Å². The van der Waals surface area contributed by atoms with E-state index in [0.29, 0.717) is 12.7 Å². The molecule has 212 valence electrons. The van der Waals surface area contributed by atoms with Crippen LogP contribution < -0.4 is 9.47 Å². The van der Waals surface area contributed by atoms with Crippen molar-refractivity contribution in [2.45, 2.75) is 63.3 Å². The van der Waals surface area contributed by atoms with Gasteiger partial charge in [0.25, 0.3) is 0 Å². The molecule has 0 spiro atoms. The van der Waals surface area contributed by atoms with Crippen LogP contribution in [0.5, 0.6) is 11.5 Å². The van der Waals surface area contributed by atoms with Crippen molar-refractivity contribution in [2.24, 2.45) is 23.7 Å². The Morgan fingerprint density at radius 3 is 2.24 bits per heavy atom. The molecular formula is C37H43N2O2+. The average Bonchev–Trinajstić information content (AvgIpc) is 3.32. The Hall–Kier alpha value is -3.29. The maximum atomic E-state index is 10.7. The third-order valence-corrected chi connectivity index (χ3v) is 11.0. The molecule has 41 heavy (non-hydrogen) atoms. The molecule has 4 aliphatic rings. The van der Waals surface area contributed by atoms with Gasteiger partial charge in [-0.15, -0.1) is 0 Å². The van der Waals surface area contributed by atoms with Crippen molar-refractivity contribution in [1.29, 1.82) is 5.26 Å². The number of nitrogens with zero attached hydrogens (tertiary/aromatic N) is 2. The van der Waals surface area contributed by atoms with Crippen LogP contribution in [0.1, 0.15) is 61.6 Å². The summed E-state index contributed by atoms with van der Waals surface area (Å²) in [5.41, 5.74) is 3.72. The van der Waals surface area contributed by atoms with Gasteiger partial charge in [0.15, 0.2) is 11.5 Å². The number of fused-ring (bicyclic) bond motifs is 2. The van der Waals surface area contributed by atoms with Crippen molar-refractivity contribution in [3.8, 4) is 17.6 Å². The van der Waals surface area contributed by atoms with Gasteiger partial charge in [0.05, 0.1) is 31.1 Å². The van der Waals surface area contributed by atoms with Crippen LogP contribution in [0.2, 0.25) is 0 Å². The summed E-state index contributed by atoms with van der Waals surface area (Å²) in [4.78, 5) is 0. The molecule has 3 aromatic carbocycles. The lowest BCUT2D eigenvalue weighted by atomic mass is 9.63. The number of quaternary nitrogens is 1. The highest BCUT2D eigenvalue weighted by atomic mass is 16.7. The number of rotatable bonds is 10. The van der Waals surface area contributed by atoms with Crippen LogP contribution in [0, 0.1) is 35.0 Å². The molecule has 0 aromatic heterocycles. The Bertz CT molecular complexity index is 1370. The maximum absolute atomic E-state index is 10.7. The SMILES string of the molecule is N#CC(CCC1C2C[N+](CCc3ccc4c(c3)OCO4)(Cc3ccccc3)CC12)(c1ccccc1)C1CCCCC1. The number of hydrogen-bond donors (Lipinski definition) is 0. The monoisotopic (exact) mass is 547 g/mol. The van der Waals surface area contributed by atoms with Crippen LogP contribution in [-0.4, -0.2) is 30.9 Å². The molecule has 3 fully saturated rings. The summed E-state index contributed by atoms with van der Waals surface area (Å²) in [5, 5.41) is 10.7. The van der Waals surface area contributed by atoms with E-state index in [0.717, 1.165) is 55.2 Å². The van der Waals surface area contributed by atoms with Crippen molar-refractivity contribution < 1.29 is 14.0 Å². The topological polar surface area (TPSA) is 42.2 Å². The predicted molar refractivity (Wildman–Crippen MR) is 161 cm³/mol. The van der Waals surface area contributed by atoms with Crippen LogP contribution >= 0.6 is 0 Å². The fourth-order valence-corrected chi connectivity index (χ4v) is 8.81. The fraction of sp³-hybridized carbons (Fsp3) is 0.486. The number of piperidine rings is 1. The first-order chi connectivity index (χ1) is 20.2. The highest BCUT2D eigenvalue weighted by molar-refractivity contribution is 5.44. The normalized spacial score (nSPS) is 28.0.